The van der Waals surface area contributed by atoms with Gasteiger partial charge in [-0.2, -0.15) is 0 Å². The fourth-order valence-corrected chi connectivity index (χ4v) is 2.47. The van der Waals surface area contributed by atoms with E-state index in [1.165, 1.54) is 18.3 Å². The fraction of sp³-hybridized carbons (Fsp3) is 0.273. The first-order valence-electron chi connectivity index (χ1n) is 4.64. The predicted octanol–water partition coefficient (Wildman–Crippen LogP) is 1.79. The number of hydrogen-bond acceptors (Lipinski definition) is 4. The molecule has 2 rings (SSSR count). The number of carbonyl (C=O) groups excluding carboxylic acids is 1. The van der Waals surface area contributed by atoms with Crippen molar-refractivity contribution < 1.29 is 9.90 Å². The first kappa shape index (κ1) is 10.3. The van der Waals surface area contributed by atoms with Crippen molar-refractivity contribution in [2.24, 2.45) is 0 Å². The second-order valence-corrected chi connectivity index (χ2v) is 4.84. The van der Waals surface area contributed by atoms with E-state index in [-0.39, 0.29) is 6.42 Å². The summed E-state index contributed by atoms with van der Waals surface area (Å²) in [5.41, 5.74) is -0.396. The average Bonchev–Trinajstić information content (AvgIpc) is 2.58. The van der Waals surface area contributed by atoms with Gasteiger partial charge >= 0.3 is 0 Å². The highest BCUT2D eigenvalue weighted by Gasteiger charge is 2.21. The highest BCUT2D eigenvalue weighted by molar-refractivity contribution is 7.18. The van der Waals surface area contributed by atoms with Crippen LogP contribution < -0.4 is 0 Å². The average molecular weight is 221 g/mol. The van der Waals surface area contributed by atoms with Crippen LogP contribution in [-0.2, 0) is 11.2 Å². The molecule has 0 saturated carbocycles. The van der Waals surface area contributed by atoms with Crippen LogP contribution in [-0.4, -0.2) is 22.0 Å². The van der Waals surface area contributed by atoms with E-state index in [0.29, 0.717) is 6.29 Å². The fourth-order valence-electron chi connectivity index (χ4n) is 1.34. The van der Waals surface area contributed by atoms with Gasteiger partial charge in [-0.05, 0) is 19.1 Å². The first-order chi connectivity index (χ1) is 7.11. The summed E-state index contributed by atoms with van der Waals surface area (Å²) in [7, 11) is 0. The Kier molecular flexibility index (Phi) is 2.54. The van der Waals surface area contributed by atoms with Crippen molar-refractivity contribution in [3.05, 3.63) is 29.3 Å². The molecule has 0 saturated heterocycles. The smallest absolute Gasteiger partial charge is 0.151 e. The Balaban J connectivity index is 2.33. The number of hydrogen-bond donors (Lipinski definition) is 1. The second-order valence-electron chi connectivity index (χ2n) is 3.73. The number of aromatic nitrogens is 1. The number of para-hydroxylation sites is 1. The number of benzene rings is 1. The van der Waals surface area contributed by atoms with Crippen molar-refractivity contribution >= 4 is 27.8 Å². The zero-order valence-electron chi connectivity index (χ0n) is 8.30. The Morgan fingerprint density at radius 1 is 1.53 bits per heavy atom. The largest absolute Gasteiger partial charge is 0.382 e. The van der Waals surface area contributed by atoms with E-state index in [9.17, 15) is 9.90 Å². The third-order valence-corrected chi connectivity index (χ3v) is 3.14. The number of aldehydes is 1. The van der Waals surface area contributed by atoms with E-state index in [2.05, 4.69) is 4.98 Å². The minimum atomic E-state index is -1.31. The molecular weight excluding hydrogens is 210 g/mol. The van der Waals surface area contributed by atoms with Gasteiger partial charge in [-0.3, -0.25) is 0 Å². The van der Waals surface area contributed by atoms with Crippen LogP contribution in [0.2, 0.25) is 0 Å². The summed E-state index contributed by atoms with van der Waals surface area (Å²) in [5.74, 6) is 0. The summed E-state index contributed by atoms with van der Waals surface area (Å²) in [5, 5.41) is 10.4. The zero-order chi connectivity index (χ0) is 10.9. The van der Waals surface area contributed by atoms with Crippen LogP contribution in [0.4, 0.5) is 0 Å². The summed E-state index contributed by atoms with van der Waals surface area (Å²) in [6, 6.07) is 7.77. The second kappa shape index (κ2) is 3.72. The molecule has 1 aromatic carbocycles. The minimum absolute atomic E-state index is 0.274. The standard InChI is InChI=1S/C11H11NO2S/c1-11(14,7-13)6-10-12-8-4-2-3-5-9(8)15-10/h2-5,7,14H,6H2,1H3. The quantitative estimate of drug-likeness (QED) is 0.804. The van der Waals surface area contributed by atoms with Crippen molar-refractivity contribution in [2.75, 3.05) is 0 Å². The Hall–Kier alpha value is -1.26. The normalized spacial score (nSPS) is 15.1. The summed E-state index contributed by atoms with van der Waals surface area (Å²) in [4.78, 5) is 14.9. The molecule has 0 amide bonds. The molecule has 1 aromatic heterocycles. The highest BCUT2D eigenvalue weighted by Crippen LogP contribution is 2.24. The Labute approximate surface area is 91.4 Å². The van der Waals surface area contributed by atoms with E-state index in [4.69, 9.17) is 0 Å². The molecule has 2 aromatic rings. The van der Waals surface area contributed by atoms with Gasteiger partial charge in [-0.25, -0.2) is 4.98 Å². The number of nitrogens with zero attached hydrogens (tertiary/aromatic N) is 1. The van der Waals surface area contributed by atoms with Crippen LogP contribution in [0.5, 0.6) is 0 Å². The van der Waals surface area contributed by atoms with E-state index in [0.717, 1.165) is 15.2 Å². The lowest BCUT2D eigenvalue weighted by Crippen LogP contribution is -2.28. The monoisotopic (exact) mass is 221 g/mol. The number of aliphatic hydroxyl groups is 1. The van der Waals surface area contributed by atoms with Crippen molar-refractivity contribution in [1.82, 2.24) is 4.98 Å². The van der Waals surface area contributed by atoms with Gasteiger partial charge in [0.2, 0.25) is 0 Å². The van der Waals surface area contributed by atoms with Crippen molar-refractivity contribution in [2.45, 2.75) is 18.9 Å². The molecule has 0 aliphatic rings. The Morgan fingerprint density at radius 2 is 2.27 bits per heavy atom. The van der Waals surface area contributed by atoms with Crippen molar-refractivity contribution in [3.8, 4) is 0 Å². The molecule has 0 spiro atoms. The van der Waals surface area contributed by atoms with Crippen LogP contribution in [0.3, 0.4) is 0 Å². The molecule has 1 unspecified atom stereocenters. The van der Waals surface area contributed by atoms with E-state index in [1.807, 2.05) is 24.3 Å². The van der Waals surface area contributed by atoms with Gasteiger partial charge < -0.3 is 9.90 Å². The van der Waals surface area contributed by atoms with Crippen molar-refractivity contribution in [1.29, 1.82) is 0 Å². The lowest BCUT2D eigenvalue weighted by atomic mass is 10.1. The minimum Gasteiger partial charge on any atom is -0.382 e. The molecule has 15 heavy (non-hydrogen) atoms. The van der Waals surface area contributed by atoms with E-state index >= 15 is 0 Å². The third kappa shape index (κ3) is 2.22. The maximum Gasteiger partial charge on any atom is 0.151 e. The number of fused-ring (bicyclic) bond motifs is 1. The molecule has 1 N–H and O–H groups in total. The maximum atomic E-state index is 10.6. The number of thiazole rings is 1. The SMILES string of the molecule is CC(O)(C=O)Cc1nc2ccccc2s1. The molecule has 0 aliphatic carbocycles. The predicted molar refractivity (Wildman–Crippen MR) is 60.0 cm³/mol. The third-order valence-electron chi connectivity index (χ3n) is 2.10. The lowest BCUT2D eigenvalue weighted by molar-refractivity contribution is -0.122. The molecule has 0 fully saturated rings. The topological polar surface area (TPSA) is 50.2 Å². The van der Waals surface area contributed by atoms with Crippen LogP contribution >= 0.6 is 11.3 Å². The van der Waals surface area contributed by atoms with Crippen LogP contribution in [0, 0.1) is 0 Å². The number of carbonyl (C=O) groups is 1. The van der Waals surface area contributed by atoms with Gasteiger partial charge in [-0.15, -0.1) is 11.3 Å². The maximum absolute atomic E-state index is 10.6. The molecule has 3 nitrogen and oxygen atoms in total. The molecule has 0 radical (unpaired) electrons. The summed E-state index contributed by atoms with van der Waals surface area (Å²) in [6.07, 6.45) is 0.828. The summed E-state index contributed by atoms with van der Waals surface area (Å²) in [6.45, 7) is 1.49. The Bertz CT molecular complexity index is 457. The molecule has 1 heterocycles. The summed E-state index contributed by atoms with van der Waals surface area (Å²) >= 11 is 1.51. The van der Waals surface area contributed by atoms with Crippen LogP contribution in [0.1, 0.15) is 11.9 Å². The molecule has 1 atom stereocenters. The van der Waals surface area contributed by atoms with Crippen LogP contribution in [0.15, 0.2) is 24.3 Å². The van der Waals surface area contributed by atoms with Crippen molar-refractivity contribution in [3.63, 3.8) is 0 Å². The number of rotatable bonds is 3. The highest BCUT2D eigenvalue weighted by atomic mass is 32.1. The molecule has 78 valence electrons. The zero-order valence-corrected chi connectivity index (χ0v) is 9.12. The lowest BCUT2D eigenvalue weighted by Gasteiger charge is -2.12. The van der Waals surface area contributed by atoms with Gasteiger partial charge in [-0.1, -0.05) is 12.1 Å². The molecule has 0 bridgehead atoms. The van der Waals surface area contributed by atoms with Gasteiger partial charge in [0.1, 0.15) is 5.60 Å². The molecule has 0 aliphatic heterocycles. The Morgan fingerprint density at radius 3 is 2.93 bits per heavy atom. The van der Waals surface area contributed by atoms with E-state index in [1.54, 1.807) is 0 Å². The summed E-state index contributed by atoms with van der Waals surface area (Å²) < 4.78 is 1.08. The van der Waals surface area contributed by atoms with Gasteiger partial charge in [0, 0.05) is 6.42 Å². The molecule has 4 heteroatoms. The van der Waals surface area contributed by atoms with Gasteiger partial charge in [0.15, 0.2) is 6.29 Å². The van der Waals surface area contributed by atoms with E-state index < -0.39 is 5.60 Å². The van der Waals surface area contributed by atoms with Crippen LogP contribution in [0.25, 0.3) is 10.2 Å². The first-order valence-corrected chi connectivity index (χ1v) is 5.45. The van der Waals surface area contributed by atoms with Gasteiger partial charge in [0.05, 0.1) is 15.2 Å². The molecular formula is C11H11NO2S. The van der Waals surface area contributed by atoms with Gasteiger partial charge in [0.25, 0.3) is 0 Å².